The van der Waals surface area contributed by atoms with Crippen molar-refractivity contribution in [2.45, 2.75) is 38.1 Å². The highest BCUT2D eigenvalue weighted by Crippen LogP contribution is 2.27. The van der Waals surface area contributed by atoms with Gasteiger partial charge in [0.05, 0.1) is 7.11 Å². The maximum atomic E-state index is 12.6. The van der Waals surface area contributed by atoms with Crippen LogP contribution in [0.2, 0.25) is 0 Å². The fourth-order valence-electron chi connectivity index (χ4n) is 3.70. The molecule has 0 aliphatic carbocycles. The Bertz CT molecular complexity index is 791. The minimum absolute atomic E-state index is 0.0195. The lowest BCUT2D eigenvalue weighted by molar-refractivity contribution is 0.102. The van der Waals surface area contributed by atoms with E-state index in [9.17, 15) is 9.90 Å². The maximum absolute atomic E-state index is 12.6. The van der Waals surface area contributed by atoms with Gasteiger partial charge in [0.15, 0.2) is 11.5 Å². The summed E-state index contributed by atoms with van der Waals surface area (Å²) in [5, 5.41) is 12.7. The zero-order valence-corrected chi connectivity index (χ0v) is 16.1. The molecule has 0 aromatic heterocycles. The van der Waals surface area contributed by atoms with E-state index in [1.54, 1.807) is 12.1 Å². The van der Waals surface area contributed by atoms with E-state index < -0.39 is 0 Å². The molecular formula is C22H28N2O3. The Hall–Kier alpha value is -2.53. The Morgan fingerprint density at radius 2 is 2.07 bits per heavy atom. The highest BCUT2D eigenvalue weighted by molar-refractivity contribution is 6.05. The summed E-state index contributed by atoms with van der Waals surface area (Å²) in [5.41, 5.74) is 2.44. The summed E-state index contributed by atoms with van der Waals surface area (Å²) in [6.45, 7) is 1.17. The number of carbonyl (C=O) groups is 1. The van der Waals surface area contributed by atoms with Gasteiger partial charge in [0.25, 0.3) is 5.91 Å². The van der Waals surface area contributed by atoms with Gasteiger partial charge in [-0.3, -0.25) is 4.79 Å². The number of ether oxygens (including phenoxy) is 1. The number of hydrogen-bond donors (Lipinski definition) is 2. The van der Waals surface area contributed by atoms with Crippen LogP contribution in [0.1, 0.15) is 41.6 Å². The average Bonchev–Trinajstić information content (AvgIpc) is 2.68. The Morgan fingerprint density at radius 1 is 1.26 bits per heavy atom. The van der Waals surface area contributed by atoms with Gasteiger partial charge < -0.3 is 20.1 Å². The number of phenolic OH excluding ortho intramolecular Hbond substituents is 1. The van der Waals surface area contributed by atoms with Gasteiger partial charge in [-0.05, 0) is 69.1 Å². The molecule has 1 heterocycles. The first-order chi connectivity index (χ1) is 13.1. The number of phenols is 1. The van der Waals surface area contributed by atoms with Crippen LogP contribution in [0.3, 0.4) is 0 Å². The molecule has 2 N–H and O–H groups in total. The fraction of sp³-hybridized carbons (Fsp3) is 0.409. The number of para-hydroxylation sites is 1. The number of piperidine rings is 1. The summed E-state index contributed by atoms with van der Waals surface area (Å²) in [4.78, 5) is 15.1. The lowest BCUT2D eigenvalue weighted by Crippen LogP contribution is -2.36. The van der Waals surface area contributed by atoms with Crippen LogP contribution < -0.4 is 10.1 Å². The number of carbonyl (C=O) groups excluding carboxylic acids is 1. The zero-order valence-electron chi connectivity index (χ0n) is 16.1. The van der Waals surface area contributed by atoms with E-state index in [0.29, 0.717) is 11.6 Å². The van der Waals surface area contributed by atoms with Gasteiger partial charge in [-0.25, -0.2) is 0 Å². The molecule has 1 amide bonds. The van der Waals surface area contributed by atoms with Gasteiger partial charge in [-0.1, -0.05) is 24.6 Å². The van der Waals surface area contributed by atoms with Crippen LogP contribution >= 0.6 is 0 Å². The van der Waals surface area contributed by atoms with Crippen LogP contribution in [0.4, 0.5) is 5.69 Å². The van der Waals surface area contributed by atoms with Crippen LogP contribution in [0.25, 0.3) is 0 Å². The van der Waals surface area contributed by atoms with Gasteiger partial charge in [-0.2, -0.15) is 0 Å². The Balaban J connectivity index is 1.69. The van der Waals surface area contributed by atoms with E-state index in [2.05, 4.69) is 23.3 Å². The number of likely N-dealkylation sites (tertiary alicyclic amines) is 1. The number of methoxy groups -OCH3 is 1. The number of aryl methyl sites for hydroxylation is 1. The molecule has 1 fully saturated rings. The number of hydrogen-bond acceptors (Lipinski definition) is 4. The molecule has 0 bridgehead atoms. The van der Waals surface area contributed by atoms with E-state index >= 15 is 0 Å². The highest BCUT2D eigenvalue weighted by Gasteiger charge is 2.19. The van der Waals surface area contributed by atoms with Crippen LogP contribution in [0.5, 0.6) is 11.5 Å². The molecule has 2 aromatic rings. The fourth-order valence-corrected chi connectivity index (χ4v) is 3.70. The molecule has 0 radical (unpaired) electrons. The van der Waals surface area contributed by atoms with Crippen molar-refractivity contribution in [1.29, 1.82) is 0 Å². The predicted molar refractivity (Wildman–Crippen MR) is 108 cm³/mol. The topological polar surface area (TPSA) is 61.8 Å². The molecule has 3 rings (SSSR count). The van der Waals surface area contributed by atoms with Crippen LogP contribution in [-0.2, 0) is 6.42 Å². The standard InChI is InChI=1S/C22H28N2O3/c1-24-14-6-5-8-18(24)12-10-16-7-3-4-9-19(16)23-22(26)17-11-13-20(25)21(15-17)27-2/h3-4,7,9,11,13,15,18,25H,5-6,8,10,12,14H2,1-2H3,(H,23,26)/t18-/m0/s1. The smallest absolute Gasteiger partial charge is 0.255 e. The van der Waals surface area contributed by atoms with E-state index in [4.69, 9.17) is 4.74 Å². The van der Waals surface area contributed by atoms with Gasteiger partial charge in [0.2, 0.25) is 0 Å². The van der Waals surface area contributed by atoms with Crippen molar-refractivity contribution in [3.63, 3.8) is 0 Å². The van der Waals surface area contributed by atoms with Crippen molar-refractivity contribution in [1.82, 2.24) is 4.90 Å². The second-order valence-electron chi connectivity index (χ2n) is 7.17. The van der Waals surface area contributed by atoms with Gasteiger partial charge in [0, 0.05) is 17.3 Å². The molecule has 1 aliphatic heterocycles. The lowest BCUT2D eigenvalue weighted by Gasteiger charge is -2.32. The number of benzene rings is 2. The molecule has 27 heavy (non-hydrogen) atoms. The Morgan fingerprint density at radius 3 is 2.85 bits per heavy atom. The van der Waals surface area contributed by atoms with Gasteiger partial charge >= 0.3 is 0 Å². The normalized spacial score (nSPS) is 17.5. The lowest BCUT2D eigenvalue weighted by atomic mass is 9.96. The molecule has 2 aromatic carbocycles. The maximum Gasteiger partial charge on any atom is 0.255 e. The third-order valence-electron chi connectivity index (χ3n) is 5.38. The Labute approximate surface area is 161 Å². The first-order valence-electron chi connectivity index (χ1n) is 9.55. The molecule has 1 aliphatic rings. The zero-order chi connectivity index (χ0) is 19.2. The second-order valence-corrected chi connectivity index (χ2v) is 7.17. The Kier molecular flexibility index (Phi) is 6.35. The van der Waals surface area contributed by atoms with Crippen molar-refractivity contribution in [3.05, 3.63) is 53.6 Å². The highest BCUT2D eigenvalue weighted by atomic mass is 16.5. The molecule has 1 atom stereocenters. The largest absolute Gasteiger partial charge is 0.504 e. The first kappa shape index (κ1) is 19.2. The van der Waals surface area contributed by atoms with E-state index in [1.165, 1.54) is 39.0 Å². The third-order valence-corrected chi connectivity index (χ3v) is 5.38. The molecule has 5 heteroatoms. The van der Waals surface area contributed by atoms with Crippen molar-refractivity contribution in [3.8, 4) is 11.5 Å². The molecule has 144 valence electrons. The molecule has 5 nitrogen and oxygen atoms in total. The van der Waals surface area contributed by atoms with Crippen molar-refractivity contribution < 1.29 is 14.6 Å². The number of rotatable bonds is 6. The molecule has 0 unspecified atom stereocenters. The number of nitrogens with zero attached hydrogens (tertiary/aromatic N) is 1. The average molecular weight is 368 g/mol. The summed E-state index contributed by atoms with van der Waals surface area (Å²) < 4.78 is 5.09. The molecular weight excluding hydrogens is 340 g/mol. The molecule has 1 saturated heterocycles. The van der Waals surface area contributed by atoms with Crippen LogP contribution in [-0.4, -0.2) is 42.7 Å². The summed E-state index contributed by atoms with van der Waals surface area (Å²) >= 11 is 0. The SMILES string of the molecule is COc1cc(C(=O)Nc2ccccc2CC[C@@H]2CCCCN2C)ccc1O. The number of anilines is 1. The van der Waals surface area contributed by atoms with Crippen molar-refractivity contribution in [2.24, 2.45) is 0 Å². The van der Waals surface area contributed by atoms with Crippen LogP contribution in [0.15, 0.2) is 42.5 Å². The third kappa shape index (κ3) is 4.80. The predicted octanol–water partition coefficient (Wildman–Crippen LogP) is 4.07. The summed E-state index contributed by atoms with van der Waals surface area (Å²) in [6, 6.07) is 13.2. The minimum atomic E-state index is -0.212. The van der Waals surface area contributed by atoms with Crippen molar-refractivity contribution in [2.75, 3.05) is 26.0 Å². The van der Waals surface area contributed by atoms with Crippen molar-refractivity contribution >= 4 is 11.6 Å². The molecule has 0 saturated carbocycles. The van der Waals surface area contributed by atoms with E-state index in [1.807, 2.05) is 18.2 Å². The minimum Gasteiger partial charge on any atom is -0.504 e. The quantitative estimate of drug-likeness (QED) is 0.807. The molecule has 0 spiro atoms. The number of nitrogens with one attached hydrogen (secondary N) is 1. The second kappa shape index (κ2) is 8.91. The number of aromatic hydroxyl groups is 1. The van der Waals surface area contributed by atoms with E-state index in [0.717, 1.165) is 24.1 Å². The first-order valence-corrected chi connectivity index (χ1v) is 9.55. The summed E-state index contributed by atoms with van der Waals surface area (Å²) in [6.07, 6.45) is 5.87. The van der Waals surface area contributed by atoms with Crippen LogP contribution in [0, 0.1) is 0 Å². The summed E-state index contributed by atoms with van der Waals surface area (Å²) in [5.74, 6) is 0.0952. The van der Waals surface area contributed by atoms with E-state index in [-0.39, 0.29) is 17.4 Å². The van der Waals surface area contributed by atoms with Gasteiger partial charge in [0.1, 0.15) is 0 Å². The number of amides is 1. The monoisotopic (exact) mass is 368 g/mol. The van der Waals surface area contributed by atoms with Gasteiger partial charge in [-0.15, -0.1) is 0 Å². The summed E-state index contributed by atoms with van der Waals surface area (Å²) in [7, 11) is 3.67.